The van der Waals surface area contributed by atoms with Crippen molar-refractivity contribution in [3.05, 3.63) is 209 Å². The van der Waals surface area contributed by atoms with Gasteiger partial charge in [0.25, 0.3) is 0 Å². The predicted octanol–water partition coefficient (Wildman–Crippen LogP) is 13.9. The molecule has 0 aliphatic carbocycles. The average Bonchev–Trinajstić information content (AvgIpc) is 3.67. The number of aromatic nitrogens is 3. The number of hydrogen-bond donors (Lipinski definition) is 0. The maximum Gasteiger partial charge on any atom is 3.00 e. The van der Waals surface area contributed by atoms with Crippen LogP contribution in [0.5, 0.6) is 0 Å². The van der Waals surface area contributed by atoms with Crippen LogP contribution in [-0.4, -0.2) is 15.0 Å². The molecule has 0 spiro atoms. The number of rotatable bonds is 12. The van der Waals surface area contributed by atoms with E-state index in [4.69, 9.17) is 20.7 Å². The molecule has 0 atom stereocenters. The minimum absolute atomic E-state index is 0. The Hall–Kier alpha value is -6.07. The second-order valence-corrected chi connectivity index (χ2v) is 18.4. The summed E-state index contributed by atoms with van der Waals surface area (Å²) in [5, 5.41) is 1.40. The van der Waals surface area contributed by atoms with Crippen molar-refractivity contribution in [2.75, 3.05) is 0 Å². The summed E-state index contributed by atoms with van der Waals surface area (Å²) < 4.78 is 28.9. The van der Waals surface area contributed by atoms with Gasteiger partial charge in [-0.05, 0) is 92.0 Å². The average molecular weight is 1000 g/mol. The van der Waals surface area contributed by atoms with Crippen molar-refractivity contribution in [1.82, 2.24) is 15.0 Å². The number of para-hydroxylation sites is 1. The zero-order valence-corrected chi connectivity index (χ0v) is 38.8. The fourth-order valence-electron chi connectivity index (χ4n) is 8.80. The van der Waals surface area contributed by atoms with Crippen LogP contribution in [0.4, 0.5) is 4.39 Å². The monoisotopic (exact) mass is 1000 g/mol. The van der Waals surface area contributed by atoms with Crippen LogP contribution >= 0.6 is 0 Å². The molecule has 4 nitrogen and oxygen atoms in total. The van der Waals surface area contributed by atoms with E-state index < -0.39 is 5.82 Å². The zero-order valence-electron chi connectivity index (χ0n) is 37.4. The molecule has 6 heteroatoms. The van der Waals surface area contributed by atoms with Crippen LogP contribution in [0.1, 0.15) is 76.3 Å². The molecule has 0 saturated carbocycles. The van der Waals surface area contributed by atoms with Crippen LogP contribution < -0.4 is 0 Å². The Morgan fingerprint density at radius 3 is 1.41 bits per heavy atom. The molecule has 63 heavy (non-hydrogen) atoms. The molecular weight excluding hydrogens is 954 g/mol. The molecule has 4 heterocycles. The number of hydrogen-bond acceptors (Lipinski definition) is 4. The summed E-state index contributed by atoms with van der Waals surface area (Å²) in [5.74, 6) is -0.666. The Labute approximate surface area is 385 Å². The number of benzene rings is 5. The van der Waals surface area contributed by atoms with Gasteiger partial charge in [-0.3, -0.25) is 0 Å². The second-order valence-electron chi connectivity index (χ2n) is 18.4. The molecule has 9 rings (SSSR count). The van der Waals surface area contributed by atoms with E-state index in [2.05, 4.69) is 108 Å². The molecule has 0 unspecified atom stereocenters. The van der Waals surface area contributed by atoms with Crippen molar-refractivity contribution in [1.29, 1.82) is 0 Å². The molecule has 0 saturated heterocycles. The Balaban J connectivity index is 0.00000560. The summed E-state index contributed by atoms with van der Waals surface area (Å²) in [7, 11) is 0. The van der Waals surface area contributed by atoms with Gasteiger partial charge in [0, 0.05) is 24.0 Å². The number of furan rings is 1. The fraction of sp³-hybridized carbons (Fsp3) is 0.211. The molecule has 314 valence electrons. The van der Waals surface area contributed by atoms with Gasteiger partial charge in [0.1, 0.15) is 0 Å². The van der Waals surface area contributed by atoms with Crippen LogP contribution in [0.2, 0.25) is 0 Å². The van der Waals surface area contributed by atoms with Crippen LogP contribution in [0, 0.1) is 24.0 Å². The predicted molar refractivity (Wildman–Crippen MR) is 249 cm³/mol. The third kappa shape index (κ3) is 9.21. The van der Waals surface area contributed by atoms with Crippen LogP contribution in [0.3, 0.4) is 0 Å². The molecule has 9 aromatic rings. The number of pyridine rings is 3. The van der Waals surface area contributed by atoms with Crippen molar-refractivity contribution in [3.63, 3.8) is 0 Å². The molecule has 0 N–H and O–H groups in total. The van der Waals surface area contributed by atoms with Crippen molar-refractivity contribution in [3.8, 4) is 33.8 Å². The van der Waals surface area contributed by atoms with Gasteiger partial charge < -0.3 is 19.4 Å². The van der Waals surface area contributed by atoms with Crippen molar-refractivity contribution >= 4 is 21.9 Å². The maximum absolute atomic E-state index is 14.9. The number of halogens is 1. The van der Waals surface area contributed by atoms with Gasteiger partial charge in [0.05, 0.1) is 6.95 Å². The maximum atomic E-state index is 14.9. The SMILES string of the molecule is [2H]c1ccc2c(oc3c(-c4ccc(C(C)(C)Cc5cc(CC(C)(C)c6ccc(-c7[c-]cccc7)nc6)cc(CC(C)(C)c6ccc(-c7[c-]cccc7)nc6)c5)cn4)[c-]ccc32)c1F.[Ir+3]. The molecule has 0 aliphatic heterocycles. The largest absolute Gasteiger partial charge is 3.00 e. The topological polar surface area (TPSA) is 51.8 Å². The molecule has 0 aliphatic rings. The molecular formula is C57H49FIrN3O. The Morgan fingerprint density at radius 1 is 0.524 bits per heavy atom. The van der Waals surface area contributed by atoms with Gasteiger partial charge in [-0.25, -0.2) is 4.39 Å². The van der Waals surface area contributed by atoms with E-state index in [1.165, 1.54) is 33.9 Å². The van der Waals surface area contributed by atoms with E-state index in [0.717, 1.165) is 52.7 Å². The van der Waals surface area contributed by atoms with Crippen LogP contribution in [-0.2, 0) is 55.6 Å². The van der Waals surface area contributed by atoms with E-state index >= 15 is 0 Å². The summed E-state index contributed by atoms with van der Waals surface area (Å²) in [6.07, 6.45) is 8.45. The fourth-order valence-corrected chi connectivity index (χ4v) is 8.80. The first kappa shape index (κ1) is 42.2. The Kier molecular flexibility index (Phi) is 11.8. The van der Waals surface area contributed by atoms with Gasteiger partial charge in [-0.2, -0.15) is 0 Å². The van der Waals surface area contributed by atoms with Crippen LogP contribution in [0.15, 0.2) is 156 Å². The zero-order chi connectivity index (χ0) is 43.9. The van der Waals surface area contributed by atoms with Gasteiger partial charge in [-0.15, -0.1) is 90.0 Å². The smallest absolute Gasteiger partial charge is 0.498 e. The van der Waals surface area contributed by atoms with Gasteiger partial charge in [0.15, 0.2) is 11.4 Å². The van der Waals surface area contributed by atoms with Crippen LogP contribution in [0.25, 0.3) is 55.7 Å². The van der Waals surface area contributed by atoms with Gasteiger partial charge in [0.2, 0.25) is 0 Å². The number of fused-ring (bicyclic) bond motifs is 3. The Bertz CT molecular complexity index is 2940. The molecule has 0 radical (unpaired) electrons. The normalized spacial score (nSPS) is 12.3. The third-order valence-electron chi connectivity index (χ3n) is 12.3. The minimum atomic E-state index is -0.666. The molecule has 0 amide bonds. The summed E-state index contributed by atoms with van der Waals surface area (Å²) in [4.78, 5) is 14.7. The van der Waals surface area contributed by atoms with E-state index in [-0.39, 0.29) is 48.0 Å². The quantitative estimate of drug-likeness (QED) is 0.114. The first-order chi connectivity index (χ1) is 30.2. The van der Waals surface area contributed by atoms with Crippen molar-refractivity contribution < 1.29 is 30.3 Å². The van der Waals surface area contributed by atoms with E-state index in [1.54, 1.807) is 6.07 Å². The third-order valence-corrected chi connectivity index (χ3v) is 12.3. The summed E-state index contributed by atoms with van der Waals surface area (Å²) >= 11 is 0. The van der Waals surface area contributed by atoms with Crippen molar-refractivity contribution in [2.24, 2.45) is 0 Å². The standard InChI is InChI=1S/C57H49FN3O.Ir/c1-55(2,43-23-26-50(59-35-43)41-15-9-7-10-16-41)32-38-29-39(33-56(3,4)44-24-27-51(60-36-44)42-17-11-8-12-18-42)31-40(30-38)34-57(5,6)45-25-28-52(61-37-45)48-21-13-19-46-47-20-14-22-49(58)54(47)62-53(46)48;/h7-15,17,19-20,22-31,35-37H,32-34H2,1-6H3;/q-3;+3/i22D;. The first-order valence-corrected chi connectivity index (χ1v) is 21.2. The van der Waals surface area contributed by atoms with E-state index in [0.29, 0.717) is 22.2 Å². The van der Waals surface area contributed by atoms with Crippen molar-refractivity contribution in [2.45, 2.75) is 77.0 Å². The molecule has 0 bridgehead atoms. The summed E-state index contributed by atoms with van der Waals surface area (Å²) in [5.41, 5.74) is 12.4. The Morgan fingerprint density at radius 2 is 0.984 bits per heavy atom. The first-order valence-electron chi connectivity index (χ1n) is 21.7. The van der Waals surface area contributed by atoms with E-state index in [9.17, 15) is 4.39 Å². The summed E-state index contributed by atoms with van der Waals surface area (Å²) in [6.45, 7) is 13.7. The summed E-state index contributed by atoms with van der Waals surface area (Å²) in [6, 6.07) is 52.4. The van der Waals surface area contributed by atoms with E-state index in [1.807, 2.05) is 85.3 Å². The van der Waals surface area contributed by atoms with Gasteiger partial charge in [-0.1, -0.05) is 119 Å². The molecule has 4 aromatic heterocycles. The molecule has 5 aromatic carbocycles. The minimum Gasteiger partial charge on any atom is -0.498 e. The second kappa shape index (κ2) is 17.6. The van der Waals surface area contributed by atoms with Gasteiger partial charge >= 0.3 is 20.1 Å². The molecule has 0 fully saturated rings. The number of nitrogens with zero attached hydrogens (tertiary/aromatic N) is 3.